The van der Waals surface area contributed by atoms with Gasteiger partial charge in [0.2, 0.25) is 0 Å². The van der Waals surface area contributed by atoms with Crippen LogP contribution in [0.2, 0.25) is 0 Å². The van der Waals surface area contributed by atoms with Crippen LogP contribution in [-0.4, -0.2) is 96.7 Å². The van der Waals surface area contributed by atoms with Gasteiger partial charge in [-0.25, -0.2) is 9.13 Å². The molecule has 0 saturated carbocycles. The molecule has 0 aromatic heterocycles. The van der Waals surface area contributed by atoms with Crippen molar-refractivity contribution in [2.45, 2.75) is 386 Å². The van der Waals surface area contributed by atoms with Gasteiger partial charge in [-0.2, -0.15) is 0 Å². The number of phosphoric acid groups is 2. The molecular formula is C74H140O17P2. The molecule has 0 aliphatic heterocycles. The Morgan fingerprint density at radius 1 is 0.301 bits per heavy atom. The Balaban J connectivity index is 5.26. The lowest BCUT2D eigenvalue weighted by Crippen LogP contribution is -2.30. The lowest BCUT2D eigenvalue weighted by atomic mass is 10.0. The molecule has 0 amide bonds. The summed E-state index contributed by atoms with van der Waals surface area (Å²) < 4.78 is 68.4. The third kappa shape index (κ3) is 67.9. The zero-order chi connectivity index (χ0) is 68.2. The summed E-state index contributed by atoms with van der Waals surface area (Å²) in [5.41, 5.74) is 0. The summed E-state index contributed by atoms with van der Waals surface area (Å²) in [5, 5.41) is 10.6. The van der Waals surface area contributed by atoms with Crippen molar-refractivity contribution in [3.05, 3.63) is 24.3 Å². The maximum Gasteiger partial charge on any atom is 0.472 e. The van der Waals surface area contributed by atoms with Gasteiger partial charge in [-0.05, 0) is 51.4 Å². The average Bonchev–Trinajstić information content (AvgIpc) is 2.35. The largest absolute Gasteiger partial charge is 0.472 e. The molecular weight excluding hydrogens is 1220 g/mol. The smallest absolute Gasteiger partial charge is 0.462 e. The van der Waals surface area contributed by atoms with Crippen LogP contribution in [0.5, 0.6) is 0 Å². The normalized spacial score (nSPS) is 14.1. The topological polar surface area (TPSA) is 237 Å². The standard InChI is InChI=1S/C74H140O17P2/c1-5-9-13-17-21-25-28-31-33-34-36-38-41-45-49-53-57-61-74(79)91-70(65-85-72(77)59-55-51-47-43-40-37-35-32-29-26-22-18-14-10-6-2)67-89-93(82,83)87-63-68(75)62-86-92(80,81)88-66-69(64-84-71(76)58-54-50-46-42-24-20-16-12-8-4)90-73(78)60-56-52-48-44-39-30-27-23-19-15-11-7-3/h26,29,32,35,68-70,75H,5-25,27-28,30-31,33-34,36-67H2,1-4H3,(H,80,81)(H,82,83)/b29-26-,35-32-/t68-,69+,70+/m0/s1. The van der Waals surface area contributed by atoms with E-state index in [1.165, 1.54) is 180 Å². The van der Waals surface area contributed by atoms with Gasteiger partial charge in [0, 0.05) is 25.7 Å². The van der Waals surface area contributed by atoms with E-state index in [-0.39, 0.29) is 25.7 Å². The summed E-state index contributed by atoms with van der Waals surface area (Å²) in [4.78, 5) is 72.6. The zero-order valence-corrected chi connectivity index (χ0v) is 61.5. The number of esters is 4. The van der Waals surface area contributed by atoms with Crippen LogP contribution >= 0.6 is 15.6 Å². The molecule has 19 heteroatoms. The molecule has 0 aliphatic rings. The second-order valence-electron chi connectivity index (χ2n) is 26.0. The molecule has 0 spiro atoms. The number of ether oxygens (including phenoxy) is 4. The molecule has 548 valence electrons. The number of aliphatic hydroxyl groups is 1. The molecule has 0 heterocycles. The Kier molecular flexibility index (Phi) is 66.3. The van der Waals surface area contributed by atoms with Crippen molar-refractivity contribution in [1.82, 2.24) is 0 Å². The molecule has 93 heavy (non-hydrogen) atoms. The molecule has 3 N–H and O–H groups in total. The van der Waals surface area contributed by atoms with E-state index in [4.69, 9.17) is 37.0 Å². The number of allylic oxidation sites excluding steroid dienone is 4. The fraction of sp³-hybridized carbons (Fsp3) is 0.892. The summed E-state index contributed by atoms with van der Waals surface area (Å²) >= 11 is 0. The van der Waals surface area contributed by atoms with Gasteiger partial charge in [-0.1, -0.05) is 315 Å². The monoisotopic (exact) mass is 1360 g/mol. The third-order valence-electron chi connectivity index (χ3n) is 16.7. The van der Waals surface area contributed by atoms with Crippen LogP contribution in [-0.2, 0) is 65.4 Å². The van der Waals surface area contributed by atoms with E-state index in [9.17, 15) is 43.2 Å². The highest BCUT2D eigenvalue weighted by Crippen LogP contribution is 2.45. The van der Waals surface area contributed by atoms with Gasteiger partial charge in [0.25, 0.3) is 0 Å². The second kappa shape index (κ2) is 68.1. The zero-order valence-electron chi connectivity index (χ0n) is 59.7. The van der Waals surface area contributed by atoms with Crippen LogP contribution in [0.1, 0.15) is 368 Å². The van der Waals surface area contributed by atoms with Crippen molar-refractivity contribution >= 4 is 39.5 Å². The van der Waals surface area contributed by atoms with Crippen LogP contribution in [0.25, 0.3) is 0 Å². The van der Waals surface area contributed by atoms with Crippen molar-refractivity contribution in [3.8, 4) is 0 Å². The van der Waals surface area contributed by atoms with E-state index in [2.05, 4.69) is 52.0 Å². The molecule has 0 rings (SSSR count). The van der Waals surface area contributed by atoms with Crippen molar-refractivity contribution in [1.29, 1.82) is 0 Å². The number of unbranched alkanes of at least 4 members (excludes halogenated alkanes) is 44. The lowest BCUT2D eigenvalue weighted by molar-refractivity contribution is -0.161. The highest BCUT2D eigenvalue weighted by Gasteiger charge is 2.30. The fourth-order valence-corrected chi connectivity index (χ4v) is 12.4. The quantitative estimate of drug-likeness (QED) is 0.0169. The van der Waals surface area contributed by atoms with Crippen LogP contribution in [0.15, 0.2) is 24.3 Å². The fourth-order valence-electron chi connectivity index (χ4n) is 10.9. The first kappa shape index (κ1) is 90.5. The minimum Gasteiger partial charge on any atom is -0.462 e. The Hall–Kier alpha value is -2.46. The Morgan fingerprint density at radius 3 is 0.785 bits per heavy atom. The van der Waals surface area contributed by atoms with Gasteiger partial charge in [0.1, 0.15) is 19.3 Å². The van der Waals surface area contributed by atoms with Crippen molar-refractivity contribution in [2.75, 3.05) is 39.6 Å². The first-order chi connectivity index (χ1) is 45.2. The maximum absolute atomic E-state index is 13.1. The van der Waals surface area contributed by atoms with Gasteiger partial charge >= 0.3 is 39.5 Å². The minimum absolute atomic E-state index is 0.102. The predicted molar refractivity (Wildman–Crippen MR) is 377 cm³/mol. The van der Waals surface area contributed by atoms with Crippen molar-refractivity contribution in [2.24, 2.45) is 0 Å². The van der Waals surface area contributed by atoms with Gasteiger partial charge < -0.3 is 33.8 Å². The van der Waals surface area contributed by atoms with Crippen molar-refractivity contribution < 1.29 is 80.2 Å². The molecule has 0 aromatic rings. The van der Waals surface area contributed by atoms with Crippen LogP contribution < -0.4 is 0 Å². The Morgan fingerprint density at radius 2 is 0.516 bits per heavy atom. The number of hydrogen-bond acceptors (Lipinski definition) is 15. The Labute approximate surface area is 567 Å². The highest BCUT2D eigenvalue weighted by molar-refractivity contribution is 7.47. The maximum atomic E-state index is 13.1. The number of aliphatic hydroxyl groups excluding tert-OH is 1. The lowest BCUT2D eigenvalue weighted by Gasteiger charge is -2.21. The predicted octanol–water partition coefficient (Wildman–Crippen LogP) is 21.4. The number of phosphoric ester groups is 2. The molecule has 2 unspecified atom stereocenters. The summed E-state index contributed by atoms with van der Waals surface area (Å²) in [6.07, 6.45) is 60.3. The van der Waals surface area contributed by atoms with E-state index >= 15 is 0 Å². The number of rotatable bonds is 73. The van der Waals surface area contributed by atoms with Gasteiger partial charge in [0.15, 0.2) is 12.2 Å². The number of carbonyl (C=O) groups excluding carboxylic acids is 4. The van der Waals surface area contributed by atoms with Gasteiger partial charge in [-0.3, -0.25) is 37.3 Å². The molecule has 0 saturated heterocycles. The van der Waals surface area contributed by atoms with E-state index < -0.39 is 97.5 Å². The third-order valence-corrected chi connectivity index (χ3v) is 18.6. The first-order valence-electron chi connectivity index (χ1n) is 38.1. The van der Waals surface area contributed by atoms with E-state index in [1.54, 1.807) is 0 Å². The summed E-state index contributed by atoms with van der Waals surface area (Å²) in [7, 11) is -9.91. The highest BCUT2D eigenvalue weighted by atomic mass is 31.2. The van der Waals surface area contributed by atoms with Crippen LogP contribution in [0, 0.1) is 0 Å². The summed E-state index contributed by atoms with van der Waals surface area (Å²) in [5.74, 6) is -2.15. The van der Waals surface area contributed by atoms with Gasteiger partial charge in [0.05, 0.1) is 26.4 Å². The second-order valence-corrected chi connectivity index (χ2v) is 28.9. The SMILES string of the molecule is CCCCCC/C=C\C=C/CCCCCCCC(=O)OC[C@H](COP(=O)(O)OC[C@@H](O)COP(=O)(O)OC[C@@H](COC(=O)CCCCCCCCCCC)OC(=O)CCCCCCCCCCCCCC)OC(=O)CCCCCCCCCCCCCCCCCCC. The van der Waals surface area contributed by atoms with Crippen LogP contribution in [0.3, 0.4) is 0 Å². The molecule has 0 radical (unpaired) electrons. The van der Waals surface area contributed by atoms with E-state index in [1.807, 2.05) is 0 Å². The number of hydrogen-bond donors (Lipinski definition) is 3. The summed E-state index contributed by atoms with van der Waals surface area (Å²) in [6, 6.07) is 0. The molecule has 17 nitrogen and oxygen atoms in total. The first-order valence-corrected chi connectivity index (χ1v) is 41.1. The molecule has 0 aromatic carbocycles. The Bertz CT molecular complexity index is 1870. The van der Waals surface area contributed by atoms with Crippen molar-refractivity contribution in [3.63, 3.8) is 0 Å². The van der Waals surface area contributed by atoms with E-state index in [0.717, 1.165) is 109 Å². The molecule has 0 aliphatic carbocycles. The summed E-state index contributed by atoms with van der Waals surface area (Å²) in [6.45, 7) is 4.89. The molecule has 5 atom stereocenters. The van der Waals surface area contributed by atoms with E-state index in [0.29, 0.717) is 25.7 Å². The number of carbonyl (C=O) groups is 4. The minimum atomic E-state index is -4.96. The average molecular weight is 1360 g/mol. The van der Waals surface area contributed by atoms with Gasteiger partial charge in [-0.15, -0.1) is 0 Å². The molecule has 0 bridgehead atoms. The van der Waals surface area contributed by atoms with Crippen LogP contribution in [0.4, 0.5) is 0 Å². The molecule has 0 fully saturated rings.